The molecule has 0 atom stereocenters. The van der Waals surface area contributed by atoms with Crippen LogP contribution in [0.25, 0.3) is 0 Å². The van der Waals surface area contributed by atoms with Crippen LogP contribution < -0.4 is 20.4 Å². The van der Waals surface area contributed by atoms with Gasteiger partial charge in [-0.05, 0) is 25.0 Å². The Balaban J connectivity index is 1.49. The molecule has 0 amide bonds. The Bertz CT molecular complexity index is 816. The maximum absolute atomic E-state index is 9.28. The lowest BCUT2D eigenvalue weighted by Crippen LogP contribution is -2.47. The molecule has 2 aliphatic rings. The Kier molecular flexibility index (Phi) is 4.44. The number of hydrogen-bond donors (Lipinski definition) is 1. The molecule has 134 valence electrons. The van der Waals surface area contributed by atoms with E-state index in [0.717, 1.165) is 56.7 Å². The van der Waals surface area contributed by atoms with Gasteiger partial charge in [0, 0.05) is 51.5 Å². The molecule has 4 heterocycles. The molecule has 4 rings (SSSR count). The highest BCUT2D eigenvalue weighted by atomic mass is 15.3. The average Bonchev–Trinajstić information content (AvgIpc) is 3.22. The molecular weight excluding hydrogens is 328 g/mol. The van der Waals surface area contributed by atoms with Gasteiger partial charge in [-0.1, -0.05) is 0 Å². The van der Waals surface area contributed by atoms with Crippen LogP contribution in [-0.4, -0.2) is 54.2 Å². The Morgan fingerprint density at radius 2 is 1.54 bits per heavy atom. The van der Waals surface area contributed by atoms with Crippen molar-refractivity contribution in [2.24, 2.45) is 0 Å². The van der Waals surface area contributed by atoms with Crippen molar-refractivity contribution in [1.82, 2.24) is 15.0 Å². The number of pyridine rings is 1. The van der Waals surface area contributed by atoms with E-state index in [9.17, 15) is 5.26 Å². The molecule has 0 aliphatic carbocycles. The number of nitrogens with two attached hydrogens (primary N) is 1. The summed E-state index contributed by atoms with van der Waals surface area (Å²) in [4.78, 5) is 19.9. The molecule has 0 saturated carbocycles. The summed E-state index contributed by atoms with van der Waals surface area (Å²) in [6.07, 6.45) is 4.13. The predicted molar refractivity (Wildman–Crippen MR) is 101 cm³/mol. The van der Waals surface area contributed by atoms with E-state index >= 15 is 0 Å². The zero-order valence-electron chi connectivity index (χ0n) is 14.7. The first-order chi connectivity index (χ1) is 12.7. The van der Waals surface area contributed by atoms with Gasteiger partial charge in [0.2, 0.25) is 5.95 Å². The Hall–Kier alpha value is -3.08. The quantitative estimate of drug-likeness (QED) is 0.883. The summed E-state index contributed by atoms with van der Waals surface area (Å²) in [5, 5.41) is 9.28. The van der Waals surface area contributed by atoms with Gasteiger partial charge in [0.15, 0.2) is 0 Å². The molecular formula is C18H22N8. The van der Waals surface area contributed by atoms with Crippen LogP contribution in [0.2, 0.25) is 0 Å². The van der Waals surface area contributed by atoms with E-state index in [2.05, 4.69) is 35.7 Å². The van der Waals surface area contributed by atoms with Crippen LogP contribution in [0.1, 0.15) is 18.4 Å². The molecule has 2 aromatic rings. The number of anilines is 4. The number of aromatic nitrogens is 3. The molecule has 0 bridgehead atoms. The maximum atomic E-state index is 9.28. The number of nitrogens with zero attached hydrogens (tertiary/aromatic N) is 7. The zero-order chi connectivity index (χ0) is 17.9. The molecule has 2 aliphatic heterocycles. The number of nitriles is 1. The molecule has 0 radical (unpaired) electrons. The molecule has 26 heavy (non-hydrogen) atoms. The standard InChI is InChI=1S/C18H22N8/c19-13-14-4-3-5-21-17(14)26-10-8-25(9-11-26)16-12-15(22-18(20)23-16)24-6-1-2-7-24/h3-5,12H,1-2,6-11H2,(H2,20,22,23). The van der Waals surface area contributed by atoms with Crippen molar-refractivity contribution in [3.8, 4) is 6.07 Å². The highest BCUT2D eigenvalue weighted by Crippen LogP contribution is 2.25. The SMILES string of the molecule is N#Cc1cccnc1N1CCN(c2cc(N3CCCC3)nc(N)n2)CC1. The number of piperazine rings is 1. The number of rotatable bonds is 3. The van der Waals surface area contributed by atoms with E-state index in [1.807, 2.05) is 12.1 Å². The monoisotopic (exact) mass is 350 g/mol. The fourth-order valence-corrected chi connectivity index (χ4v) is 3.59. The number of nitrogen functional groups attached to an aromatic ring is 1. The van der Waals surface area contributed by atoms with Gasteiger partial charge in [0.1, 0.15) is 23.5 Å². The van der Waals surface area contributed by atoms with Crippen LogP contribution in [-0.2, 0) is 0 Å². The molecule has 0 unspecified atom stereocenters. The van der Waals surface area contributed by atoms with Crippen molar-refractivity contribution in [1.29, 1.82) is 5.26 Å². The van der Waals surface area contributed by atoms with Crippen molar-refractivity contribution >= 4 is 23.4 Å². The first-order valence-corrected chi connectivity index (χ1v) is 8.99. The highest BCUT2D eigenvalue weighted by Gasteiger charge is 2.23. The van der Waals surface area contributed by atoms with Crippen LogP contribution in [0.4, 0.5) is 23.4 Å². The van der Waals surface area contributed by atoms with Crippen LogP contribution >= 0.6 is 0 Å². The van der Waals surface area contributed by atoms with Crippen LogP contribution in [0, 0.1) is 11.3 Å². The Labute approximate surface area is 152 Å². The highest BCUT2D eigenvalue weighted by molar-refractivity contribution is 5.57. The first kappa shape index (κ1) is 16.4. The largest absolute Gasteiger partial charge is 0.368 e. The van der Waals surface area contributed by atoms with E-state index in [1.54, 1.807) is 12.3 Å². The summed E-state index contributed by atoms with van der Waals surface area (Å²) in [5.74, 6) is 2.88. The number of hydrogen-bond acceptors (Lipinski definition) is 8. The normalized spacial score (nSPS) is 17.4. The first-order valence-electron chi connectivity index (χ1n) is 8.99. The summed E-state index contributed by atoms with van der Waals surface area (Å²) in [7, 11) is 0. The van der Waals surface area contributed by atoms with E-state index in [4.69, 9.17) is 5.73 Å². The minimum atomic E-state index is 0.323. The van der Waals surface area contributed by atoms with Gasteiger partial charge in [-0.25, -0.2) is 4.98 Å². The van der Waals surface area contributed by atoms with Crippen molar-refractivity contribution in [3.05, 3.63) is 30.0 Å². The van der Waals surface area contributed by atoms with Crippen LogP contribution in [0.5, 0.6) is 0 Å². The van der Waals surface area contributed by atoms with Crippen molar-refractivity contribution in [2.75, 3.05) is 59.7 Å². The lowest BCUT2D eigenvalue weighted by Gasteiger charge is -2.36. The van der Waals surface area contributed by atoms with Gasteiger partial charge in [0.05, 0.1) is 5.56 Å². The third kappa shape index (κ3) is 3.20. The van der Waals surface area contributed by atoms with E-state index in [1.165, 1.54) is 12.8 Å². The van der Waals surface area contributed by atoms with Crippen molar-refractivity contribution < 1.29 is 0 Å². The van der Waals surface area contributed by atoms with Crippen molar-refractivity contribution in [2.45, 2.75) is 12.8 Å². The molecule has 2 fully saturated rings. The van der Waals surface area contributed by atoms with Gasteiger partial charge < -0.3 is 20.4 Å². The second-order valence-corrected chi connectivity index (χ2v) is 6.60. The molecule has 2 saturated heterocycles. The van der Waals surface area contributed by atoms with Crippen molar-refractivity contribution in [3.63, 3.8) is 0 Å². The fourth-order valence-electron chi connectivity index (χ4n) is 3.59. The van der Waals surface area contributed by atoms with Gasteiger partial charge >= 0.3 is 0 Å². The average molecular weight is 350 g/mol. The van der Waals surface area contributed by atoms with Gasteiger partial charge in [-0.15, -0.1) is 0 Å². The van der Waals surface area contributed by atoms with Crippen LogP contribution in [0.15, 0.2) is 24.4 Å². The Morgan fingerprint density at radius 1 is 0.923 bits per heavy atom. The van der Waals surface area contributed by atoms with E-state index in [0.29, 0.717) is 11.5 Å². The zero-order valence-corrected chi connectivity index (χ0v) is 14.7. The lowest BCUT2D eigenvalue weighted by atomic mass is 10.2. The predicted octanol–water partition coefficient (Wildman–Crippen LogP) is 1.25. The molecule has 8 nitrogen and oxygen atoms in total. The molecule has 0 spiro atoms. The van der Waals surface area contributed by atoms with Crippen LogP contribution in [0.3, 0.4) is 0 Å². The summed E-state index contributed by atoms with van der Waals surface area (Å²) < 4.78 is 0. The minimum absolute atomic E-state index is 0.323. The molecule has 2 N–H and O–H groups in total. The lowest BCUT2D eigenvalue weighted by molar-refractivity contribution is 0.640. The topological polar surface area (TPSA) is 98.2 Å². The smallest absolute Gasteiger partial charge is 0.223 e. The summed E-state index contributed by atoms with van der Waals surface area (Å²) >= 11 is 0. The third-order valence-electron chi connectivity index (χ3n) is 4.96. The van der Waals surface area contributed by atoms with E-state index in [-0.39, 0.29) is 0 Å². The third-order valence-corrected chi connectivity index (χ3v) is 4.96. The van der Waals surface area contributed by atoms with Gasteiger partial charge in [-0.2, -0.15) is 15.2 Å². The summed E-state index contributed by atoms with van der Waals surface area (Å²) in [6, 6.07) is 7.86. The second-order valence-electron chi connectivity index (χ2n) is 6.60. The van der Waals surface area contributed by atoms with Gasteiger partial charge in [-0.3, -0.25) is 0 Å². The maximum Gasteiger partial charge on any atom is 0.223 e. The Morgan fingerprint density at radius 3 is 2.19 bits per heavy atom. The van der Waals surface area contributed by atoms with E-state index < -0.39 is 0 Å². The van der Waals surface area contributed by atoms with Gasteiger partial charge in [0.25, 0.3) is 0 Å². The molecule has 0 aromatic carbocycles. The molecule has 2 aromatic heterocycles. The fraction of sp³-hybridized carbons (Fsp3) is 0.444. The second kappa shape index (κ2) is 7.04. The summed E-state index contributed by atoms with van der Waals surface area (Å²) in [6.45, 7) is 5.23. The minimum Gasteiger partial charge on any atom is -0.368 e. The summed E-state index contributed by atoms with van der Waals surface area (Å²) in [5.41, 5.74) is 6.57. The molecule has 8 heteroatoms.